The quantitative estimate of drug-likeness (QED) is 0.750. The number of rotatable bonds is 5. The molecule has 3 aromatic rings. The summed E-state index contributed by atoms with van der Waals surface area (Å²) in [6.45, 7) is 1.91. The number of amides is 1. The first-order valence-electron chi connectivity index (χ1n) is 8.53. The van der Waals surface area contributed by atoms with Gasteiger partial charge in [-0.1, -0.05) is 6.92 Å². The molecule has 0 radical (unpaired) electrons. The number of hydrogen-bond acceptors (Lipinski definition) is 5. The molecular formula is C19H18FN5O2. The first-order valence-corrected chi connectivity index (χ1v) is 8.53. The molecule has 0 saturated heterocycles. The number of ether oxygens (including phenoxy) is 1. The molecule has 8 heteroatoms. The minimum Gasteiger partial charge on any atom is -0.481 e. The van der Waals surface area contributed by atoms with Crippen LogP contribution in [0.2, 0.25) is 0 Å². The van der Waals surface area contributed by atoms with Crippen molar-refractivity contribution in [1.82, 2.24) is 19.7 Å². The van der Waals surface area contributed by atoms with E-state index in [-0.39, 0.29) is 17.5 Å². The van der Waals surface area contributed by atoms with E-state index in [1.165, 1.54) is 25.4 Å². The Bertz CT molecular complexity index is 1010. The van der Waals surface area contributed by atoms with Gasteiger partial charge in [0, 0.05) is 30.7 Å². The van der Waals surface area contributed by atoms with E-state index < -0.39 is 11.2 Å². The molecule has 27 heavy (non-hydrogen) atoms. The van der Waals surface area contributed by atoms with Gasteiger partial charge in [0.1, 0.15) is 5.82 Å². The summed E-state index contributed by atoms with van der Waals surface area (Å²) in [5, 5.41) is 7.16. The molecule has 0 spiro atoms. The first kappa shape index (κ1) is 17.1. The monoisotopic (exact) mass is 367 g/mol. The predicted octanol–water partition coefficient (Wildman–Crippen LogP) is 2.73. The standard InChI is InChI=1S/C19H18FN5O2/c1-12-11-19(12,17-14(20)4-3-7-22-17)18(26)23-15-6-9-25(24-15)13-5-8-21-16(10-13)27-2/h3-10,12H,11H2,1-2H3,(H,23,24,26). The molecular weight excluding hydrogens is 349 g/mol. The lowest BCUT2D eigenvalue weighted by atomic mass is 9.97. The third kappa shape index (κ3) is 2.92. The number of carbonyl (C=O) groups excluding carboxylic acids is 1. The molecule has 1 aliphatic carbocycles. The van der Waals surface area contributed by atoms with Crippen molar-refractivity contribution in [3.05, 3.63) is 60.4 Å². The second-order valence-electron chi connectivity index (χ2n) is 6.57. The molecule has 1 aliphatic rings. The first-order chi connectivity index (χ1) is 13.0. The number of methoxy groups -OCH3 is 1. The zero-order valence-electron chi connectivity index (χ0n) is 14.9. The summed E-state index contributed by atoms with van der Waals surface area (Å²) in [4.78, 5) is 21.1. The van der Waals surface area contributed by atoms with Gasteiger partial charge >= 0.3 is 0 Å². The van der Waals surface area contributed by atoms with Gasteiger partial charge in [0.25, 0.3) is 0 Å². The lowest BCUT2D eigenvalue weighted by molar-refractivity contribution is -0.119. The Morgan fingerprint density at radius 1 is 1.33 bits per heavy atom. The van der Waals surface area contributed by atoms with Gasteiger partial charge in [-0.2, -0.15) is 5.10 Å². The second kappa shape index (κ2) is 6.46. The van der Waals surface area contributed by atoms with Crippen LogP contribution < -0.4 is 10.1 Å². The van der Waals surface area contributed by atoms with Crippen molar-refractivity contribution in [2.24, 2.45) is 5.92 Å². The van der Waals surface area contributed by atoms with Crippen LogP contribution >= 0.6 is 0 Å². The van der Waals surface area contributed by atoms with E-state index >= 15 is 0 Å². The summed E-state index contributed by atoms with van der Waals surface area (Å²) in [6, 6.07) is 8.03. The summed E-state index contributed by atoms with van der Waals surface area (Å²) < 4.78 is 20.9. The molecule has 4 rings (SSSR count). The Morgan fingerprint density at radius 2 is 2.15 bits per heavy atom. The Labute approximate surface area is 155 Å². The normalized spacial score (nSPS) is 20.9. The predicted molar refractivity (Wildman–Crippen MR) is 96.2 cm³/mol. The molecule has 3 aromatic heterocycles. The highest BCUT2D eigenvalue weighted by atomic mass is 19.1. The number of carbonyl (C=O) groups is 1. The van der Waals surface area contributed by atoms with Crippen molar-refractivity contribution < 1.29 is 13.9 Å². The third-order valence-electron chi connectivity index (χ3n) is 4.92. The number of anilines is 1. The average molecular weight is 367 g/mol. The van der Waals surface area contributed by atoms with Crippen LogP contribution in [0, 0.1) is 11.7 Å². The number of halogens is 1. The van der Waals surface area contributed by atoms with Gasteiger partial charge in [0.05, 0.1) is 23.9 Å². The Kier molecular flexibility index (Phi) is 4.10. The van der Waals surface area contributed by atoms with E-state index in [0.29, 0.717) is 18.1 Å². The fraction of sp³-hybridized carbons (Fsp3) is 0.263. The van der Waals surface area contributed by atoms with Crippen LogP contribution in [-0.2, 0) is 10.2 Å². The van der Waals surface area contributed by atoms with Crippen molar-refractivity contribution in [1.29, 1.82) is 0 Å². The molecule has 1 fully saturated rings. The highest BCUT2D eigenvalue weighted by Crippen LogP contribution is 2.54. The van der Waals surface area contributed by atoms with Crippen molar-refractivity contribution in [2.75, 3.05) is 12.4 Å². The average Bonchev–Trinajstić information content (AvgIpc) is 3.14. The smallest absolute Gasteiger partial charge is 0.238 e. The van der Waals surface area contributed by atoms with E-state index in [9.17, 15) is 9.18 Å². The van der Waals surface area contributed by atoms with Crippen LogP contribution in [0.3, 0.4) is 0 Å². The van der Waals surface area contributed by atoms with Crippen LogP contribution in [0.4, 0.5) is 10.2 Å². The van der Waals surface area contributed by atoms with Crippen molar-refractivity contribution in [3.8, 4) is 11.6 Å². The molecule has 0 aromatic carbocycles. The Morgan fingerprint density at radius 3 is 2.85 bits per heavy atom. The topological polar surface area (TPSA) is 81.9 Å². The molecule has 138 valence electrons. The largest absolute Gasteiger partial charge is 0.481 e. The van der Waals surface area contributed by atoms with Gasteiger partial charge in [-0.05, 0) is 30.5 Å². The maximum Gasteiger partial charge on any atom is 0.238 e. The molecule has 2 unspecified atom stereocenters. The van der Waals surface area contributed by atoms with Gasteiger partial charge in [0.2, 0.25) is 11.8 Å². The van der Waals surface area contributed by atoms with Crippen LogP contribution in [-0.4, -0.2) is 32.8 Å². The van der Waals surface area contributed by atoms with Crippen molar-refractivity contribution >= 4 is 11.7 Å². The van der Waals surface area contributed by atoms with Crippen molar-refractivity contribution in [3.63, 3.8) is 0 Å². The zero-order valence-corrected chi connectivity index (χ0v) is 14.9. The van der Waals surface area contributed by atoms with E-state index in [2.05, 4.69) is 20.4 Å². The van der Waals surface area contributed by atoms with Crippen LogP contribution in [0.5, 0.6) is 5.88 Å². The summed E-state index contributed by atoms with van der Waals surface area (Å²) in [7, 11) is 1.54. The van der Waals surface area contributed by atoms with Gasteiger partial charge in [0.15, 0.2) is 5.82 Å². The number of nitrogens with one attached hydrogen (secondary N) is 1. The minimum absolute atomic E-state index is 0.00782. The third-order valence-corrected chi connectivity index (χ3v) is 4.92. The molecule has 2 atom stereocenters. The molecule has 0 bridgehead atoms. The van der Waals surface area contributed by atoms with E-state index in [1.54, 1.807) is 35.3 Å². The summed E-state index contributed by atoms with van der Waals surface area (Å²) >= 11 is 0. The molecule has 1 N–H and O–H groups in total. The maximum absolute atomic E-state index is 14.2. The molecule has 1 amide bonds. The van der Waals surface area contributed by atoms with E-state index in [1.807, 2.05) is 6.92 Å². The number of aromatic nitrogens is 4. The molecule has 0 aliphatic heterocycles. The number of hydrogen-bond donors (Lipinski definition) is 1. The van der Waals surface area contributed by atoms with Crippen LogP contribution in [0.15, 0.2) is 48.9 Å². The lowest BCUT2D eigenvalue weighted by Crippen LogP contribution is -2.31. The molecule has 7 nitrogen and oxygen atoms in total. The highest BCUT2D eigenvalue weighted by Gasteiger charge is 2.61. The Hall–Kier alpha value is -3.29. The second-order valence-corrected chi connectivity index (χ2v) is 6.57. The van der Waals surface area contributed by atoms with Crippen LogP contribution in [0.25, 0.3) is 5.69 Å². The van der Waals surface area contributed by atoms with Gasteiger partial charge < -0.3 is 10.1 Å². The SMILES string of the molecule is COc1cc(-n2ccc(NC(=O)C3(c4ncccc4F)CC3C)n2)ccn1. The fourth-order valence-electron chi connectivity index (χ4n) is 3.31. The molecule has 1 saturated carbocycles. The maximum atomic E-state index is 14.2. The van der Waals surface area contributed by atoms with Crippen molar-refractivity contribution in [2.45, 2.75) is 18.8 Å². The summed E-state index contributed by atoms with van der Waals surface area (Å²) in [6.07, 6.45) is 5.38. The fourth-order valence-corrected chi connectivity index (χ4v) is 3.31. The zero-order chi connectivity index (χ0) is 19.0. The van der Waals surface area contributed by atoms with E-state index in [4.69, 9.17) is 4.74 Å². The number of nitrogens with zero attached hydrogens (tertiary/aromatic N) is 4. The minimum atomic E-state index is -0.949. The summed E-state index contributed by atoms with van der Waals surface area (Å²) in [5.41, 5.74) is -0.0180. The van der Waals surface area contributed by atoms with Gasteiger partial charge in [-0.15, -0.1) is 0 Å². The van der Waals surface area contributed by atoms with Gasteiger partial charge in [-0.25, -0.2) is 14.1 Å². The lowest BCUT2D eigenvalue weighted by Gasteiger charge is -2.15. The number of pyridine rings is 2. The molecule has 3 heterocycles. The van der Waals surface area contributed by atoms with Gasteiger partial charge in [-0.3, -0.25) is 9.78 Å². The summed E-state index contributed by atoms with van der Waals surface area (Å²) in [5.74, 6) is 0.0839. The van der Waals surface area contributed by atoms with E-state index in [0.717, 1.165) is 5.69 Å². The van der Waals surface area contributed by atoms with Crippen LogP contribution in [0.1, 0.15) is 19.0 Å². The highest BCUT2D eigenvalue weighted by molar-refractivity contribution is 6.01. The Balaban J connectivity index is 1.57.